The SMILES string of the molecule is Cn1ccnc1SCc1ccc(C(=O)N2CCN(c3nccs3)CC2)o1. The standard InChI is InChI=1S/C17H19N5O2S2/c1-20-6-4-18-16(20)26-12-13-2-3-14(24-13)15(23)21-7-9-22(10-8-21)17-19-5-11-25-17/h2-6,11H,7-10,12H2,1H3. The molecule has 4 heterocycles. The van der Waals surface area contributed by atoms with Crippen molar-refractivity contribution in [2.45, 2.75) is 10.9 Å². The Morgan fingerprint density at radius 3 is 2.77 bits per heavy atom. The van der Waals surface area contributed by atoms with E-state index in [2.05, 4.69) is 14.9 Å². The van der Waals surface area contributed by atoms with Crippen LogP contribution in [-0.4, -0.2) is 51.5 Å². The Kier molecular flexibility index (Phi) is 4.98. The molecule has 1 aliphatic rings. The number of carbonyl (C=O) groups is 1. The maximum Gasteiger partial charge on any atom is 0.289 e. The zero-order valence-corrected chi connectivity index (χ0v) is 16.0. The van der Waals surface area contributed by atoms with Gasteiger partial charge in [-0.2, -0.15) is 0 Å². The van der Waals surface area contributed by atoms with Gasteiger partial charge in [0.05, 0.1) is 5.75 Å². The highest BCUT2D eigenvalue weighted by Gasteiger charge is 2.25. The minimum Gasteiger partial charge on any atom is -0.455 e. The summed E-state index contributed by atoms with van der Waals surface area (Å²) in [7, 11) is 1.96. The van der Waals surface area contributed by atoms with Gasteiger partial charge in [-0.15, -0.1) is 11.3 Å². The monoisotopic (exact) mass is 389 g/mol. The van der Waals surface area contributed by atoms with E-state index in [4.69, 9.17) is 4.42 Å². The normalized spacial score (nSPS) is 14.8. The van der Waals surface area contributed by atoms with E-state index in [1.807, 2.05) is 40.4 Å². The topological polar surface area (TPSA) is 67.4 Å². The second-order valence-corrected chi connectivity index (χ2v) is 7.78. The molecule has 4 rings (SSSR count). The zero-order chi connectivity index (χ0) is 17.9. The lowest BCUT2D eigenvalue weighted by atomic mass is 10.3. The van der Waals surface area contributed by atoms with E-state index in [9.17, 15) is 4.79 Å². The first-order chi connectivity index (χ1) is 12.7. The van der Waals surface area contributed by atoms with Crippen LogP contribution in [0.2, 0.25) is 0 Å². The summed E-state index contributed by atoms with van der Waals surface area (Å²) in [4.78, 5) is 25.3. The van der Waals surface area contributed by atoms with Crippen LogP contribution in [0.15, 0.2) is 45.7 Å². The van der Waals surface area contributed by atoms with Gasteiger partial charge in [0.15, 0.2) is 16.0 Å². The number of nitrogens with zero attached hydrogens (tertiary/aromatic N) is 5. The molecule has 1 aliphatic heterocycles. The molecule has 0 saturated carbocycles. The number of thioether (sulfide) groups is 1. The number of amides is 1. The Morgan fingerprint density at radius 2 is 2.08 bits per heavy atom. The van der Waals surface area contributed by atoms with E-state index in [1.54, 1.807) is 35.4 Å². The number of anilines is 1. The van der Waals surface area contributed by atoms with Gasteiger partial charge in [0, 0.05) is 57.2 Å². The van der Waals surface area contributed by atoms with Crippen molar-refractivity contribution in [3.63, 3.8) is 0 Å². The van der Waals surface area contributed by atoms with Crippen molar-refractivity contribution >= 4 is 34.1 Å². The smallest absolute Gasteiger partial charge is 0.289 e. The summed E-state index contributed by atoms with van der Waals surface area (Å²) in [6, 6.07) is 3.64. The second-order valence-electron chi connectivity index (χ2n) is 5.97. The Morgan fingerprint density at radius 1 is 1.23 bits per heavy atom. The molecule has 0 atom stereocenters. The molecule has 0 bridgehead atoms. The maximum atomic E-state index is 12.7. The first-order valence-electron chi connectivity index (χ1n) is 8.33. The molecule has 1 amide bonds. The molecule has 0 aromatic carbocycles. The third kappa shape index (κ3) is 3.63. The predicted octanol–water partition coefficient (Wildman–Crippen LogP) is 2.72. The molecule has 1 fully saturated rings. The third-order valence-electron chi connectivity index (χ3n) is 4.25. The number of rotatable bonds is 5. The van der Waals surface area contributed by atoms with Gasteiger partial charge < -0.3 is 18.8 Å². The fraction of sp³-hybridized carbons (Fsp3) is 0.353. The summed E-state index contributed by atoms with van der Waals surface area (Å²) in [6.45, 7) is 2.94. The summed E-state index contributed by atoms with van der Waals surface area (Å²) in [5.74, 6) is 1.79. The van der Waals surface area contributed by atoms with E-state index >= 15 is 0 Å². The Labute approximate surface area is 159 Å². The number of aryl methyl sites for hydroxylation is 1. The van der Waals surface area contributed by atoms with Crippen LogP contribution >= 0.6 is 23.1 Å². The molecule has 3 aromatic rings. The largest absolute Gasteiger partial charge is 0.455 e. The van der Waals surface area contributed by atoms with E-state index in [0.29, 0.717) is 24.6 Å². The summed E-state index contributed by atoms with van der Waals surface area (Å²) in [5.41, 5.74) is 0. The molecular weight excluding hydrogens is 370 g/mol. The van der Waals surface area contributed by atoms with Crippen LogP contribution in [0, 0.1) is 0 Å². The molecule has 0 aliphatic carbocycles. The fourth-order valence-electron chi connectivity index (χ4n) is 2.83. The summed E-state index contributed by atoms with van der Waals surface area (Å²) in [5, 5.41) is 3.91. The van der Waals surface area contributed by atoms with E-state index in [0.717, 1.165) is 29.1 Å². The van der Waals surface area contributed by atoms with Gasteiger partial charge in [0.25, 0.3) is 5.91 Å². The lowest BCUT2D eigenvalue weighted by Crippen LogP contribution is -2.48. The Balaban J connectivity index is 1.33. The van der Waals surface area contributed by atoms with Crippen molar-refractivity contribution < 1.29 is 9.21 Å². The van der Waals surface area contributed by atoms with Crippen LogP contribution in [0.3, 0.4) is 0 Å². The van der Waals surface area contributed by atoms with Crippen molar-refractivity contribution in [2.24, 2.45) is 7.05 Å². The van der Waals surface area contributed by atoms with Gasteiger partial charge >= 0.3 is 0 Å². The molecule has 0 N–H and O–H groups in total. The van der Waals surface area contributed by atoms with Gasteiger partial charge in [0.1, 0.15) is 5.76 Å². The van der Waals surface area contributed by atoms with Gasteiger partial charge in [-0.25, -0.2) is 9.97 Å². The number of piperazine rings is 1. The highest BCUT2D eigenvalue weighted by atomic mass is 32.2. The van der Waals surface area contributed by atoms with Crippen molar-refractivity contribution in [1.82, 2.24) is 19.4 Å². The van der Waals surface area contributed by atoms with Crippen molar-refractivity contribution in [1.29, 1.82) is 0 Å². The van der Waals surface area contributed by atoms with Gasteiger partial charge in [-0.3, -0.25) is 4.79 Å². The van der Waals surface area contributed by atoms with Crippen molar-refractivity contribution in [3.05, 3.63) is 47.6 Å². The number of hydrogen-bond donors (Lipinski definition) is 0. The quantitative estimate of drug-likeness (QED) is 0.625. The minimum absolute atomic E-state index is 0.0444. The zero-order valence-electron chi connectivity index (χ0n) is 14.4. The van der Waals surface area contributed by atoms with Gasteiger partial charge in [0.2, 0.25) is 0 Å². The average Bonchev–Trinajstić information content (AvgIpc) is 3.42. The van der Waals surface area contributed by atoms with Crippen LogP contribution in [-0.2, 0) is 12.8 Å². The molecule has 0 unspecified atom stereocenters. The van der Waals surface area contributed by atoms with Crippen molar-refractivity contribution in [2.75, 3.05) is 31.1 Å². The molecule has 0 radical (unpaired) electrons. The maximum absolute atomic E-state index is 12.7. The first kappa shape index (κ1) is 17.2. The van der Waals surface area contributed by atoms with E-state index < -0.39 is 0 Å². The summed E-state index contributed by atoms with van der Waals surface area (Å²) in [6.07, 6.45) is 5.49. The molecule has 1 saturated heterocycles. The first-order valence-corrected chi connectivity index (χ1v) is 10.2. The number of imidazole rings is 1. The van der Waals surface area contributed by atoms with E-state index in [-0.39, 0.29) is 5.91 Å². The molecule has 0 spiro atoms. The van der Waals surface area contributed by atoms with Crippen LogP contribution in [0.5, 0.6) is 0 Å². The minimum atomic E-state index is -0.0444. The fourth-order valence-corrected chi connectivity index (χ4v) is 4.35. The van der Waals surface area contributed by atoms with Gasteiger partial charge in [-0.05, 0) is 12.1 Å². The lowest BCUT2D eigenvalue weighted by molar-refractivity contribution is 0.0713. The van der Waals surface area contributed by atoms with Crippen LogP contribution in [0.4, 0.5) is 5.13 Å². The Hall–Kier alpha value is -2.26. The van der Waals surface area contributed by atoms with Crippen LogP contribution < -0.4 is 4.90 Å². The highest BCUT2D eigenvalue weighted by Crippen LogP contribution is 2.23. The summed E-state index contributed by atoms with van der Waals surface area (Å²) >= 11 is 3.21. The molecule has 26 heavy (non-hydrogen) atoms. The third-order valence-corrected chi connectivity index (χ3v) is 6.16. The molecule has 9 heteroatoms. The summed E-state index contributed by atoms with van der Waals surface area (Å²) < 4.78 is 7.72. The number of thiazole rings is 1. The number of carbonyl (C=O) groups excluding carboxylic acids is 1. The van der Waals surface area contributed by atoms with Crippen molar-refractivity contribution in [3.8, 4) is 0 Å². The Bertz CT molecular complexity index is 865. The predicted molar refractivity (Wildman–Crippen MR) is 102 cm³/mol. The number of hydrogen-bond acceptors (Lipinski definition) is 7. The second kappa shape index (κ2) is 7.55. The molecule has 3 aromatic heterocycles. The van der Waals surface area contributed by atoms with Gasteiger partial charge in [-0.1, -0.05) is 11.8 Å². The number of furan rings is 1. The molecule has 136 valence electrons. The molecular formula is C17H19N5O2S2. The van der Waals surface area contributed by atoms with Crippen LogP contribution in [0.25, 0.3) is 0 Å². The molecule has 7 nitrogen and oxygen atoms in total. The lowest BCUT2D eigenvalue weighted by Gasteiger charge is -2.34. The number of aromatic nitrogens is 3. The highest BCUT2D eigenvalue weighted by molar-refractivity contribution is 7.98. The van der Waals surface area contributed by atoms with Crippen LogP contribution in [0.1, 0.15) is 16.3 Å². The van der Waals surface area contributed by atoms with E-state index in [1.165, 1.54) is 0 Å². The average molecular weight is 390 g/mol.